The van der Waals surface area contributed by atoms with Gasteiger partial charge in [0.05, 0.1) is 16.8 Å². The lowest BCUT2D eigenvalue weighted by Gasteiger charge is -2.32. The molecule has 0 spiro atoms. The molecule has 124 valence electrons. The van der Waals surface area contributed by atoms with Crippen molar-refractivity contribution in [2.24, 2.45) is 0 Å². The molecule has 0 aromatic heterocycles. The maximum atomic E-state index is 11.2. The standard InChI is InChI=1S/C19H21BO4/c1-18(2)19(3,4)24-20(23-18)16-10-6-8-14(12-16)13-7-5-9-15(11-13)17(21)22/h5-12H,1-4H3,(H,21,22). The topological polar surface area (TPSA) is 55.8 Å². The molecule has 1 aliphatic heterocycles. The van der Waals surface area contributed by atoms with E-state index >= 15 is 0 Å². The summed E-state index contributed by atoms with van der Waals surface area (Å²) in [5.74, 6) is -0.932. The highest BCUT2D eigenvalue weighted by molar-refractivity contribution is 6.62. The lowest BCUT2D eigenvalue weighted by molar-refractivity contribution is 0.00578. The second-order valence-electron chi connectivity index (χ2n) is 7.10. The van der Waals surface area contributed by atoms with Crippen LogP contribution in [0.5, 0.6) is 0 Å². The van der Waals surface area contributed by atoms with E-state index < -0.39 is 24.3 Å². The van der Waals surface area contributed by atoms with Gasteiger partial charge in [0.15, 0.2) is 0 Å². The van der Waals surface area contributed by atoms with Crippen LogP contribution in [0.3, 0.4) is 0 Å². The number of carboxylic acids is 1. The van der Waals surface area contributed by atoms with E-state index in [-0.39, 0.29) is 5.56 Å². The van der Waals surface area contributed by atoms with Crippen LogP contribution in [-0.2, 0) is 9.31 Å². The molecule has 0 bridgehead atoms. The van der Waals surface area contributed by atoms with E-state index in [1.807, 2.05) is 58.0 Å². The first-order valence-electron chi connectivity index (χ1n) is 7.99. The Kier molecular flexibility index (Phi) is 4.02. The minimum absolute atomic E-state index is 0.272. The predicted octanol–water partition coefficient (Wildman–Crippen LogP) is 3.35. The molecule has 0 radical (unpaired) electrons. The van der Waals surface area contributed by atoms with Crippen molar-refractivity contribution in [3.8, 4) is 11.1 Å². The Hall–Kier alpha value is -2.11. The molecule has 1 heterocycles. The molecule has 0 saturated carbocycles. The number of carbonyl (C=O) groups is 1. The highest BCUT2D eigenvalue weighted by atomic mass is 16.7. The average molecular weight is 324 g/mol. The Morgan fingerprint density at radius 1 is 0.917 bits per heavy atom. The molecule has 2 aromatic carbocycles. The van der Waals surface area contributed by atoms with Crippen LogP contribution in [0.15, 0.2) is 48.5 Å². The number of hydrogen-bond donors (Lipinski definition) is 1. The van der Waals surface area contributed by atoms with Crippen molar-refractivity contribution in [1.82, 2.24) is 0 Å². The van der Waals surface area contributed by atoms with Crippen LogP contribution in [0, 0.1) is 0 Å². The molecule has 0 atom stereocenters. The molecule has 4 nitrogen and oxygen atoms in total. The Bertz CT molecular complexity index is 766. The highest BCUT2D eigenvalue weighted by Gasteiger charge is 2.51. The summed E-state index contributed by atoms with van der Waals surface area (Å²) in [4.78, 5) is 11.2. The summed E-state index contributed by atoms with van der Waals surface area (Å²) in [6, 6.07) is 14.8. The van der Waals surface area contributed by atoms with Crippen LogP contribution in [-0.4, -0.2) is 29.4 Å². The van der Waals surface area contributed by atoms with Crippen LogP contribution in [0.2, 0.25) is 0 Å². The van der Waals surface area contributed by atoms with Crippen LogP contribution in [0.25, 0.3) is 11.1 Å². The van der Waals surface area contributed by atoms with E-state index in [1.165, 1.54) is 0 Å². The van der Waals surface area contributed by atoms with E-state index in [0.29, 0.717) is 0 Å². The summed E-state index contributed by atoms with van der Waals surface area (Å²) in [6.45, 7) is 8.08. The summed E-state index contributed by atoms with van der Waals surface area (Å²) < 4.78 is 12.2. The molecular weight excluding hydrogens is 303 g/mol. The molecule has 0 aliphatic carbocycles. The maximum absolute atomic E-state index is 11.2. The monoisotopic (exact) mass is 324 g/mol. The number of hydrogen-bond acceptors (Lipinski definition) is 3. The van der Waals surface area contributed by atoms with Gasteiger partial charge in [0.2, 0.25) is 0 Å². The first-order valence-corrected chi connectivity index (χ1v) is 7.99. The minimum atomic E-state index is -0.932. The second-order valence-corrected chi connectivity index (χ2v) is 7.10. The summed E-state index contributed by atoms with van der Waals surface area (Å²) >= 11 is 0. The van der Waals surface area contributed by atoms with Gasteiger partial charge in [-0.3, -0.25) is 0 Å². The van der Waals surface area contributed by atoms with Crippen molar-refractivity contribution in [3.05, 3.63) is 54.1 Å². The van der Waals surface area contributed by atoms with Crippen molar-refractivity contribution < 1.29 is 19.2 Å². The second kappa shape index (κ2) is 5.76. The highest BCUT2D eigenvalue weighted by Crippen LogP contribution is 2.36. The smallest absolute Gasteiger partial charge is 0.478 e. The van der Waals surface area contributed by atoms with Crippen molar-refractivity contribution in [2.75, 3.05) is 0 Å². The van der Waals surface area contributed by atoms with Gasteiger partial charge in [0, 0.05) is 0 Å². The zero-order valence-electron chi connectivity index (χ0n) is 14.4. The largest absolute Gasteiger partial charge is 0.494 e. The molecular formula is C19H21BO4. The van der Waals surface area contributed by atoms with Crippen LogP contribution in [0.1, 0.15) is 38.1 Å². The van der Waals surface area contributed by atoms with Crippen LogP contribution < -0.4 is 5.46 Å². The molecule has 2 aromatic rings. The van der Waals surface area contributed by atoms with Crippen molar-refractivity contribution in [3.63, 3.8) is 0 Å². The number of rotatable bonds is 3. The summed E-state index contributed by atoms with van der Waals surface area (Å²) in [7, 11) is -0.433. The zero-order chi connectivity index (χ0) is 17.5. The lowest BCUT2D eigenvalue weighted by atomic mass is 9.78. The van der Waals surface area contributed by atoms with Gasteiger partial charge >= 0.3 is 13.1 Å². The summed E-state index contributed by atoms with van der Waals surface area (Å²) in [5.41, 5.74) is 2.20. The third-order valence-corrected chi connectivity index (χ3v) is 4.85. The number of benzene rings is 2. The maximum Gasteiger partial charge on any atom is 0.494 e. The van der Waals surface area contributed by atoms with Gasteiger partial charge in [-0.15, -0.1) is 0 Å². The number of carboxylic acid groups (broad SMARTS) is 1. The van der Waals surface area contributed by atoms with Gasteiger partial charge in [-0.25, -0.2) is 4.79 Å². The van der Waals surface area contributed by atoms with Gasteiger partial charge in [-0.2, -0.15) is 0 Å². The van der Waals surface area contributed by atoms with E-state index in [0.717, 1.165) is 16.6 Å². The molecule has 1 N–H and O–H groups in total. The molecule has 1 saturated heterocycles. The van der Waals surface area contributed by atoms with Gasteiger partial charge in [0.25, 0.3) is 0 Å². The van der Waals surface area contributed by atoms with Gasteiger partial charge in [0.1, 0.15) is 0 Å². The summed E-state index contributed by atoms with van der Waals surface area (Å²) in [6.07, 6.45) is 0. The predicted molar refractivity (Wildman–Crippen MR) is 94.6 cm³/mol. The third kappa shape index (κ3) is 2.97. The number of aromatic carboxylic acids is 1. The van der Waals surface area contributed by atoms with Gasteiger partial charge in [-0.1, -0.05) is 36.4 Å². The van der Waals surface area contributed by atoms with Crippen LogP contribution >= 0.6 is 0 Å². The fourth-order valence-corrected chi connectivity index (χ4v) is 2.68. The average Bonchev–Trinajstić information content (AvgIpc) is 2.76. The minimum Gasteiger partial charge on any atom is -0.478 e. The summed E-state index contributed by atoms with van der Waals surface area (Å²) in [5, 5.41) is 9.16. The van der Waals surface area contributed by atoms with Crippen molar-refractivity contribution in [2.45, 2.75) is 38.9 Å². The van der Waals surface area contributed by atoms with Crippen LogP contribution in [0.4, 0.5) is 0 Å². The molecule has 0 amide bonds. The Balaban J connectivity index is 1.94. The fourth-order valence-electron chi connectivity index (χ4n) is 2.68. The molecule has 1 aliphatic rings. The quantitative estimate of drug-likeness (QED) is 0.880. The molecule has 1 fully saturated rings. The Morgan fingerprint density at radius 3 is 2.04 bits per heavy atom. The molecule has 5 heteroatoms. The first-order chi connectivity index (χ1) is 11.2. The fraction of sp³-hybridized carbons (Fsp3) is 0.316. The van der Waals surface area contributed by atoms with E-state index in [1.54, 1.807) is 18.2 Å². The van der Waals surface area contributed by atoms with E-state index in [9.17, 15) is 4.79 Å². The van der Waals surface area contributed by atoms with Crippen molar-refractivity contribution >= 4 is 18.6 Å². The van der Waals surface area contributed by atoms with Gasteiger partial charge in [-0.05, 0) is 56.4 Å². The Morgan fingerprint density at radius 2 is 1.46 bits per heavy atom. The lowest BCUT2D eigenvalue weighted by Crippen LogP contribution is -2.41. The van der Waals surface area contributed by atoms with Crippen molar-refractivity contribution in [1.29, 1.82) is 0 Å². The SMILES string of the molecule is CC1(C)OB(c2cccc(-c3cccc(C(=O)O)c3)c2)OC1(C)C. The van der Waals surface area contributed by atoms with E-state index in [2.05, 4.69) is 0 Å². The van der Waals surface area contributed by atoms with Gasteiger partial charge < -0.3 is 14.4 Å². The van der Waals surface area contributed by atoms with E-state index in [4.69, 9.17) is 14.4 Å². The third-order valence-electron chi connectivity index (χ3n) is 4.85. The molecule has 24 heavy (non-hydrogen) atoms. The Labute approximate surface area is 142 Å². The normalized spacial score (nSPS) is 18.6. The molecule has 3 rings (SSSR count). The first kappa shape index (κ1) is 16.7. The molecule has 0 unspecified atom stereocenters. The zero-order valence-corrected chi connectivity index (χ0v) is 14.4.